The zero-order chi connectivity index (χ0) is 44.9. The number of nitrogen functional groups attached to an aromatic ring is 1. The van der Waals surface area contributed by atoms with Gasteiger partial charge >= 0.3 is 33.1 Å². The first kappa shape index (κ1) is 49.8. The van der Waals surface area contributed by atoms with Crippen LogP contribution in [0.2, 0.25) is 0 Å². The molecule has 0 radical (unpaired) electrons. The van der Waals surface area contributed by atoms with Crippen molar-refractivity contribution < 1.29 is 12.8 Å². The summed E-state index contributed by atoms with van der Waals surface area (Å²) in [6, 6.07) is 33.8. The fourth-order valence-corrected chi connectivity index (χ4v) is 8.74. The molecule has 0 spiro atoms. The molecule has 0 aliphatic carbocycles. The molecule has 0 fully saturated rings. The number of nitrogens with two attached hydrogens (primary N) is 1. The third-order valence-electron chi connectivity index (χ3n) is 10.9. The Morgan fingerprint density at radius 2 is 1.08 bits per heavy atom. The number of imidazole rings is 1. The van der Waals surface area contributed by atoms with Crippen LogP contribution in [-0.4, -0.2) is 37.9 Å². The molecule has 328 valence electrons. The molecule has 0 aliphatic heterocycles. The summed E-state index contributed by atoms with van der Waals surface area (Å²) in [5, 5.41) is 7.33. The number of rotatable bonds is 7. The first-order valence-electron chi connectivity index (χ1n) is 21.3. The maximum atomic E-state index is 5.92. The van der Waals surface area contributed by atoms with Crippen LogP contribution in [0.15, 0.2) is 97.1 Å². The van der Waals surface area contributed by atoms with Crippen LogP contribution in [-0.2, 0) is 38.4 Å². The second-order valence-corrected chi connectivity index (χ2v) is 17.3. The summed E-state index contributed by atoms with van der Waals surface area (Å²) < 4.78 is 5.06. The fraction of sp³-hybridized carbons (Fsp3) is 0.294. The maximum absolute atomic E-state index is 5.92. The third-order valence-corrected chi connectivity index (χ3v) is 13.7. The molecule has 9 aromatic rings. The van der Waals surface area contributed by atoms with Gasteiger partial charge in [-0.25, -0.2) is 9.97 Å². The molecule has 0 amide bonds. The standard InChI is InChI=1S/C23H21N3.C13H11N3.C10H12I2.C5H13N.Cu.HI/c1-4-15-12-19-21(13-16(15)5-2)26-20-9-7-6-8-17(20)22-18(23(26)25-19)11-10-14(3)24-22;1-8-6-7-10-12(15-8)9-4-2-3-5-11(9)16-13(10)14;1-3-7-5-9(11)10(12)6-8(7)4-2;1-3-4-5-6-2;;/h6-13H,4-5H2,1-3H3;2-7H,1H3,(H2,14,16);5-6H,3-4H2,1-2H3;6H,3-5H2,1-2H3;;1H/q;;;;+1;/p-1. The van der Waals surface area contributed by atoms with E-state index in [9.17, 15) is 0 Å². The molecule has 0 aliphatic rings. The van der Waals surface area contributed by atoms with Crippen molar-refractivity contribution in [3.8, 4) is 0 Å². The number of anilines is 1. The van der Waals surface area contributed by atoms with Crippen LogP contribution < -0.4 is 11.1 Å². The Bertz CT molecular complexity index is 2900. The number of nitrogens with zero attached hydrogens (tertiary/aromatic N) is 5. The quantitative estimate of drug-likeness (QED) is 0.0715. The molecule has 0 saturated heterocycles. The monoisotopic (exact) mass is 1210 g/mol. The number of benzene rings is 4. The Kier molecular flexibility index (Phi) is 19.4. The topological polar surface area (TPSA) is 94.0 Å². The number of unbranched alkanes of at least 4 members (excludes halogenated alkanes) is 1. The third kappa shape index (κ3) is 11.5. The molecule has 9 rings (SSSR count). The van der Waals surface area contributed by atoms with Crippen LogP contribution in [0, 0.1) is 21.0 Å². The average molecular weight is 1210 g/mol. The van der Waals surface area contributed by atoms with E-state index in [4.69, 9.17) is 15.7 Å². The summed E-state index contributed by atoms with van der Waals surface area (Å²) in [5.74, 6) is 0.543. The van der Waals surface area contributed by atoms with Crippen molar-refractivity contribution in [1.82, 2.24) is 29.7 Å². The molecular formula is C51H57CuI3N7. The normalized spacial score (nSPS) is 10.9. The summed E-state index contributed by atoms with van der Waals surface area (Å²) in [6.07, 6.45) is 6.97. The molecule has 5 aromatic heterocycles. The summed E-state index contributed by atoms with van der Waals surface area (Å²) in [5.41, 5.74) is 21.0. The van der Waals surface area contributed by atoms with E-state index in [-0.39, 0.29) is 0 Å². The van der Waals surface area contributed by atoms with Gasteiger partial charge in [0.25, 0.3) is 0 Å². The zero-order valence-electron chi connectivity index (χ0n) is 36.9. The van der Waals surface area contributed by atoms with Crippen molar-refractivity contribution >= 4 is 132 Å². The summed E-state index contributed by atoms with van der Waals surface area (Å²) in [4.78, 5) is 18.8. The molecule has 3 N–H and O–H groups in total. The van der Waals surface area contributed by atoms with Gasteiger partial charge in [-0.05, 0) is 188 Å². The van der Waals surface area contributed by atoms with Crippen molar-refractivity contribution in [2.24, 2.45) is 0 Å². The molecule has 7 nitrogen and oxygen atoms in total. The number of pyridine rings is 4. The van der Waals surface area contributed by atoms with E-state index in [0.29, 0.717) is 5.82 Å². The van der Waals surface area contributed by atoms with E-state index in [1.165, 1.54) is 58.7 Å². The predicted molar refractivity (Wildman–Crippen MR) is 289 cm³/mol. The molecule has 62 heavy (non-hydrogen) atoms. The van der Waals surface area contributed by atoms with E-state index in [2.05, 4.69) is 173 Å². The zero-order valence-corrected chi connectivity index (χ0v) is 44.4. The summed E-state index contributed by atoms with van der Waals surface area (Å²) in [6.45, 7) is 16.3. The van der Waals surface area contributed by atoms with Gasteiger partial charge in [-0.2, -0.15) is 0 Å². The number of fused-ring (bicyclic) bond motifs is 11. The Morgan fingerprint density at radius 3 is 1.65 bits per heavy atom. The van der Waals surface area contributed by atoms with E-state index >= 15 is 0 Å². The van der Waals surface area contributed by atoms with Crippen molar-refractivity contribution in [3.63, 3.8) is 0 Å². The van der Waals surface area contributed by atoms with Gasteiger partial charge in [-0.1, -0.05) is 77.4 Å². The minimum absolute atomic E-state index is 0.543. The molecule has 11 heteroatoms. The SMILES string of the molecule is CCCCNC.CCc1cc(I)c(I)cc1CC.CCc1cc2nc3c4ccc(C)nc4c4ccccc4n3c2cc1CC.Cc1ccc2c(N)nc3ccccc3c2n1.[Cu][I]. The number of hydrogen-bond donors (Lipinski definition) is 2. The van der Waals surface area contributed by atoms with Crippen molar-refractivity contribution in [1.29, 1.82) is 0 Å². The average Bonchev–Trinajstić information content (AvgIpc) is 3.68. The number of aryl methyl sites for hydroxylation is 6. The number of hydrogen-bond acceptors (Lipinski definition) is 6. The summed E-state index contributed by atoms with van der Waals surface area (Å²) in [7, 11) is 1.98. The van der Waals surface area contributed by atoms with Gasteiger partial charge in [0, 0.05) is 40.1 Å². The molecule has 0 bridgehead atoms. The van der Waals surface area contributed by atoms with E-state index in [0.717, 1.165) is 87.5 Å². The van der Waals surface area contributed by atoms with Crippen LogP contribution in [0.25, 0.3) is 60.3 Å². The van der Waals surface area contributed by atoms with Crippen LogP contribution in [0.4, 0.5) is 5.82 Å². The van der Waals surface area contributed by atoms with Crippen molar-refractivity contribution in [3.05, 3.63) is 138 Å². The number of para-hydroxylation sites is 2. The van der Waals surface area contributed by atoms with E-state index < -0.39 is 0 Å². The molecule has 0 unspecified atom stereocenters. The van der Waals surface area contributed by atoms with Gasteiger partial charge in [0.05, 0.1) is 33.1 Å². The van der Waals surface area contributed by atoms with Gasteiger partial charge in [0.2, 0.25) is 0 Å². The molecule has 0 atom stereocenters. The van der Waals surface area contributed by atoms with Crippen LogP contribution in [0.5, 0.6) is 0 Å². The van der Waals surface area contributed by atoms with Crippen molar-refractivity contribution in [2.75, 3.05) is 19.3 Å². The number of aromatic nitrogens is 5. The van der Waals surface area contributed by atoms with Crippen LogP contribution in [0.3, 0.4) is 0 Å². The van der Waals surface area contributed by atoms with Gasteiger partial charge in [-0.15, -0.1) is 0 Å². The van der Waals surface area contributed by atoms with E-state index in [1.54, 1.807) is 20.3 Å². The fourth-order valence-electron chi connectivity index (χ4n) is 7.68. The second-order valence-electron chi connectivity index (χ2n) is 15.0. The second kappa shape index (κ2) is 24.2. The number of halogens is 3. The van der Waals surface area contributed by atoms with Gasteiger partial charge in [0.15, 0.2) is 0 Å². The summed E-state index contributed by atoms with van der Waals surface area (Å²) >= 11 is 10.7. The van der Waals surface area contributed by atoms with Gasteiger partial charge in [-0.3, -0.25) is 14.4 Å². The van der Waals surface area contributed by atoms with Crippen molar-refractivity contribution in [2.45, 2.75) is 87.0 Å². The first-order chi connectivity index (χ1) is 30.1. The van der Waals surface area contributed by atoms with Gasteiger partial charge < -0.3 is 11.1 Å². The first-order valence-corrected chi connectivity index (χ1v) is 26.5. The van der Waals surface area contributed by atoms with E-state index in [1.807, 2.05) is 57.3 Å². The van der Waals surface area contributed by atoms with Crippen LogP contribution in [0.1, 0.15) is 81.1 Å². The molecule has 0 saturated carbocycles. The molecule has 5 heterocycles. The Hall–Kier alpha value is -3.21. The Balaban J connectivity index is 0.000000173. The number of nitrogens with one attached hydrogen (secondary N) is 1. The Morgan fingerprint density at radius 1 is 0.565 bits per heavy atom. The van der Waals surface area contributed by atoms with Gasteiger partial charge in [0.1, 0.15) is 11.5 Å². The predicted octanol–water partition coefficient (Wildman–Crippen LogP) is 14.2. The molecular weight excluding hydrogens is 1150 g/mol. The molecule has 4 aromatic carbocycles. The van der Waals surface area contributed by atoms with Crippen LogP contribution >= 0.6 is 65.5 Å². The Labute approximate surface area is 414 Å². The minimum atomic E-state index is 0.543.